The lowest BCUT2D eigenvalue weighted by Gasteiger charge is -2.33. The number of carbonyl (C=O) groups excluding carboxylic acids is 2. The lowest BCUT2D eigenvalue weighted by Crippen LogP contribution is -2.52. The van der Waals surface area contributed by atoms with Gasteiger partial charge in [0.25, 0.3) is 10.0 Å². The Kier molecular flexibility index (Phi) is 10.6. The molecule has 0 heterocycles. The van der Waals surface area contributed by atoms with Crippen LogP contribution in [0, 0.1) is 0 Å². The number of benzene rings is 3. The van der Waals surface area contributed by atoms with Crippen LogP contribution in [0.15, 0.2) is 77.7 Å². The minimum atomic E-state index is -4.21. The first-order valence-corrected chi connectivity index (χ1v) is 14.5. The molecule has 0 aliphatic carbocycles. The van der Waals surface area contributed by atoms with Crippen molar-refractivity contribution in [3.8, 4) is 5.75 Å². The highest BCUT2D eigenvalue weighted by Crippen LogP contribution is 2.28. The molecule has 0 radical (unpaired) electrons. The first-order valence-electron chi connectivity index (χ1n) is 12.3. The number of hydrogen-bond donors (Lipinski definition) is 1. The van der Waals surface area contributed by atoms with Crippen LogP contribution in [0.25, 0.3) is 0 Å². The number of sulfonamides is 1. The quantitative estimate of drug-likeness (QED) is 0.314. The largest absolute Gasteiger partial charge is 0.497 e. The number of likely N-dealkylation sites (N-methyl/N-ethyl adjacent to an activating group) is 1. The molecule has 0 unspecified atom stereocenters. The SMILES string of the molecule is CCNC(=O)[C@@H](CC)N(Cc1ccc(Cl)cc1)C(=O)CN(c1cccc(Cl)c1)S(=O)(=O)c1ccc(OC)cc1. The monoisotopic (exact) mass is 591 g/mol. The van der Waals surface area contributed by atoms with Gasteiger partial charge in [-0.2, -0.15) is 0 Å². The molecule has 1 atom stereocenters. The van der Waals surface area contributed by atoms with E-state index >= 15 is 0 Å². The number of rotatable bonds is 12. The van der Waals surface area contributed by atoms with Crippen molar-refractivity contribution < 1.29 is 22.7 Å². The molecule has 8 nitrogen and oxygen atoms in total. The number of ether oxygens (including phenoxy) is 1. The molecule has 0 saturated carbocycles. The summed E-state index contributed by atoms with van der Waals surface area (Å²) in [5.41, 5.74) is 0.951. The van der Waals surface area contributed by atoms with Gasteiger partial charge in [0.15, 0.2) is 0 Å². The second-order valence-corrected chi connectivity index (χ2v) is 11.4. The van der Waals surface area contributed by atoms with Gasteiger partial charge in [0.05, 0.1) is 17.7 Å². The van der Waals surface area contributed by atoms with E-state index in [1.807, 2.05) is 0 Å². The maximum atomic E-state index is 13.9. The molecular formula is C28H31Cl2N3O5S. The van der Waals surface area contributed by atoms with Crippen molar-refractivity contribution in [1.29, 1.82) is 0 Å². The summed E-state index contributed by atoms with van der Waals surface area (Å²) in [6.07, 6.45) is 0.327. The molecule has 3 aromatic carbocycles. The molecule has 1 N–H and O–H groups in total. The van der Waals surface area contributed by atoms with Gasteiger partial charge >= 0.3 is 0 Å². The molecule has 208 valence electrons. The second kappa shape index (κ2) is 13.7. The van der Waals surface area contributed by atoms with Crippen LogP contribution in [-0.2, 0) is 26.2 Å². The normalized spacial score (nSPS) is 11.9. The number of carbonyl (C=O) groups is 2. The third-order valence-corrected chi connectivity index (χ3v) is 8.30. The van der Waals surface area contributed by atoms with Crippen LogP contribution >= 0.6 is 23.2 Å². The van der Waals surface area contributed by atoms with Gasteiger partial charge in [-0.15, -0.1) is 0 Å². The summed E-state index contributed by atoms with van der Waals surface area (Å²) in [7, 11) is -2.73. The summed E-state index contributed by atoms with van der Waals surface area (Å²) in [5.74, 6) is -0.393. The van der Waals surface area contributed by atoms with Crippen LogP contribution in [0.5, 0.6) is 5.75 Å². The summed E-state index contributed by atoms with van der Waals surface area (Å²) < 4.78 is 33.9. The molecule has 0 spiro atoms. The number of anilines is 1. The van der Waals surface area contributed by atoms with Gasteiger partial charge in [0.2, 0.25) is 11.8 Å². The van der Waals surface area contributed by atoms with Crippen LogP contribution in [0.1, 0.15) is 25.8 Å². The summed E-state index contributed by atoms with van der Waals surface area (Å²) >= 11 is 12.2. The Bertz CT molecular complexity index is 1380. The van der Waals surface area contributed by atoms with Crippen molar-refractivity contribution in [2.75, 3.05) is 24.5 Å². The molecule has 0 aliphatic rings. The average Bonchev–Trinajstić information content (AvgIpc) is 2.92. The van der Waals surface area contributed by atoms with Crippen molar-refractivity contribution >= 4 is 50.7 Å². The fraction of sp³-hybridized carbons (Fsp3) is 0.286. The maximum Gasteiger partial charge on any atom is 0.264 e. The Balaban J connectivity index is 2.05. The molecular weight excluding hydrogens is 561 g/mol. The summed E-state index contributed by atoms with van der Waals surface area (Å²) in [6, 6.07) is 18.2. The predicted octanol–water partition coefficient (Wildman–Crippen LogP) is 5.14. The number of hydrogen-bond acceptors (Lipinski definition) is 5. The Morgan fingerprint density at radius 2 is 1.62 bits per heavy atom. The Labute approximate surface area is 239 Å². The van der Waals surface area contributed by atoms with E-state index in [4.69, 9.17) is 27.9 Å². The number of amides is 2. The summed E-state index contributed by atoms with van der Waals surface area (Å²) in [6.45, 7) is 3.50. The zero-order valence-electron chi connectivity index (χ0n) is 21.9. The number of methoxy groups -OCH3 is 1. The van der Waals surface area contributed by atoms with Crippen LogP contribution < -0.4 is 14.4 Å². The highest BCUT2D eigenvalue weighted by Gasteiger charge is 2.33. The van der Waals surface area contributed by atoms with Crippen LogP contribution in [0.4, 0.5) is 5.69 Å². The van der Waals surface area contributed by atoms with Gasteiger partial charge in [-0.1, -0.05) is 48.3 Å². The van der Waals surface area contributed by atoms with Crippen LogP contribution in [-0.4, -0.2) is 51.4 Å². The van der Waals surface area contributed by atoms with E-state index in [2.05, 4.69) is 5.32 Å². The minimum absolute atomic E-state index is 0.0314. The van der Waals surface area contributed by atoms with Gasteiger partial charge < -0.3 is 15.0 Å². The first kappa shape index (κ1) is 30.3. The van der Waals surface area contributed by atoms with Crippen molar-refractivity contribution in [2.45, 2.75) is 37.8 Å². The smallest absolute Gasteiger partial charge is 0.264 e. The molecule has 0 fully saturated rings. The topological polar surface area (TPSA) is 96.0 Å². The van der Waals surface area contributed by atoms with E-state index in [9.17, 15) is 18.0 Å². The average molecular weight is 593 g/mol. The predicted molar refractivity (Wildman–Crippen MR) is 154 cm³/mol. The number of nitrogens with one attached hydrogen (secondary N) is 1. The molecule has 3 rings (SSSR count). The molecule has 11 heteroatoms. The van der Waals surface area contributed by atoms with Gasteiger partial charge in [-0.25, -0.2) is 8.42 Å². The van der Waals surface area contributed by atoms with Crippen molar-refractivity contribution in [2.24, 2.45) is 0 Å². The molecule has 39 heavy (non-hydrogen) atoms. The van der Waals surface area contributed by atoms with Crippen molar-refractivity contribution in [3.05, 3.63) is 88.4 Å². The fourth-order valence-electron chi connectivity index (χ4n) is 4.03. The van der Waals surface area contributed by atoms with E-state index in [0.717, 1.165) is 9.87 Å². The maximum absolute atomic E-state index is 13.9. The second-order valence-electron chi connectivity index (χ2n) is 8.63. The van der Waals surface area contributed by atoms with Gasteiger partial charge in [-0.05, 0) is 73.5 Å². The lowest BCUT2D eigenvalue weighted by molar-refractivity contribution is -0.140. The zero-order valence-corrected chi connectivity index (χ0v) is 24.3. The highest BCUT2D eigenvalue weighted by molar-refractivity contribution is 7.92. The standard InChI is InChI=1S/C28H31Cl2N3O5S/c1-4-26(28(35)31-5-2)32(18-20-9-11-21(29)12-10-20)27(34)19-33(23-8-6-7-22(30)17-23)39(36,37)25-15-13-24(38-3)14-16-25/h6-17,26H,4-5,18-19H2,1-3H3,(H,31,35)/t26-/m1/s1. The van der Waals surface area contributed by atoms with E-state index in [0.29, 0.717) is 28.8 Å². The minimum Gasteiger partial charge on any atom is -0.497 e. The fourth-order valence-corrected chi connectivity index (χ4v) is 5.75. The Morgan fingerprint density at radius 3 is 2.18 bits per heavy atom. The van der Waals surface area contributed by atoms with Gasteiger partial charge in [0.1, 0.15) is 18.3 Å². The third kappa shape index (κ3) is 7.65. The Morgan fingerprint density at radius 1 is 0.949 bits per heavy atom. The molecule has 0 bridgehead atoms. The van der Waals surface area contributed by atoms with E-state index in [1.165, 1.54) is 42.3 Å². The number of nitrogens with zero attached hydrogens (tertiary/aromatic N) is 2. The van der Waals surface area contributed by atoms with Crippen LogP contribution in [0.2, 0.25) is 10.0 Å². The lowest BCUT2D eigenvalue weighted by atomic mass is 10.1. The Hall–Kier alpha value is -3.27. The molecule has 0 aliphatic heterocycles. The van der Waals surface area contributed by atoms with E-state index in [1.54, 1.807) is 56.3 Å². The van der Waals surface area contributed by atoms with Crippen molar-refractivity contribution in [3.63, 3.8) is 0 Å². The van der Waals surface area contributed by atoms with Gasteiger partial charge in [-0.3, -0.25) is 13.9 Å². The molecule has 0 aromatic heterocycles. The third-order valence-electron chi connectivity index (χ3n) is 6.03. The van der Waals surface area contributed by atoms with Crippen LogP contribution in [0.3, 0.4) is 0 Å². The molecule has 2 amide bonds. The first-order chi connectivity index (χ1) is 18.6. The van der Waals surface area contributed by atoms with Gasteiger partial charge in [0, 0.05) is 23.1 Å². The summed E-state index contributed by atoms with van der Waals surface area (Å²) in [4.78, 5) is 28.3. The number of halogens is 2. The molecule has 0 saturated heterocycles. The molecule has 3 aromatic rings. The van der Waals surface area contributed by atoms with E-state index < -0.39 is 28.5 Å². The van der Waals surface area contributed by atoms with E-state index in [-0.39, 0.29) is 23.0 Å². The highest BCUT2D eigenvalue weighted by atomic mass is 35.5. The van der Waals surface area contributed by atoms with Crippen molar-refractivity contribution in [1.82, 2.24) is 10.2 Å². The zero-order chi connectivity index (χ0) is 28.6. The summed E-state index contributed by atoms with van der Waals surface area (Å²) in [5, 5.41) is 3.61.